The molecule has 0 heterocycles. The number of rotatable bonds is 7. The highest BCUT2D eigenvalue weighted by Crippen LogP contribution is 2.24. The van der Waals surface area contributed by atoms with Crippen molar-refractivity contribution in [3.05, 3.63) is 35.9 Å². The molecule has 0 radical (unpaired) electrons. The van der Waals surface area contributed by atoms with Crippen LogP contribution in [0.2, 0.25) is 0 Å². The second-order valence-electron chi connectivity index (χ2n) is 4.90. The van der Waals surface area contributed by atoms with Crippen LogP contribution in [0.3, 0.4) is 0 Å². The fourth-order valence-corrected chi connectivity index (χ4v) is 1.94. The van der Waals surface area contributed by atoms with Gasteiger partial charge in [-0.1, -0.05) is 44.2 Å². The van der Waals surface area contributed by atoms with Crippen LogP contribution in [0.25, 0.3) is 0 Å². The van der Waals surface area contributed by atoms with Crippen molar-refractivity contribution in [2.75, 3.05) is 13.2 Å². The molecule has 0 unspecified atom stereocenters. The molecule has 1 aromatic carbocycles. The third kappa shape index (κ3) is 4.04. The van der Waals surface area contributed by atoms with Gasteiger partial charge in [-0.2, -0.15) is 0 Å². The van der Waals surface area contributed by atoms with Gasteiger partial charge in [-0.3, -0.25) is 4.79 Å². The summed E-state index contributed by atoms with van der Waals surface area (Å²) in [5.74, 6) is -0.425. The second-order valence-corrected chi connectivity index (χ2v) is 4.90. The molecule has 0 aliphatic rings. The van der Waals surface area contributed by atoms with E-state index in [1.54, 1.807) is 24.3 Å². The lowest BCUT2D eigenvalue weighted by Crippen LogP contribution is -2.41. The summed E-state index contributed by atoms with van der Waals surface area (Å²) in [6.45, 7) is 4.37. The van der Waals surface area contributed by atoms with Gasteiger partial charge >= 0.3 is 0 Å². The van der Waals surface area contributed by atoms with E-state index in [9.17, 15) is 15.0 Å². The molecule has 19 heavy (non-hydrogen) atoms. The van der Waals surface area contributed by atoms with Crippen LogP contribution in [-0.4, -0.2) is 29.3 Å². The summed E-state index contributed by atoms with van der Waals surface area (Å²) in [4.78, 5) is 11.9. The molecule has 0 saturated heterocycles. The Morgan fingerprint density at radius 1 is 1.26 bits per heavy atom. The molecule has 1 atom stereocenters. The molecule has 106 valence electrons. The molecule has 4 nitrogen and oxygen atoms in total. The number of carbonyl (C=O) groups is 1. The predicted octanol–water partition coefficient (Wildman–Crippen LogP) is 1.63. The summed E-state index contributed by atoms with van der Waals surface area (Å²) >= 11 is 0. The molecule has 4 heteroatoms. The van der Waals surface area contributed by atoms with Gasteiger partial charge in [0.1, 0.15) is 0 Å². The summed E-state index contributed by atoms with van der Waals surface area (Å²) in [5, 5.41) is 22.1. The summed E-state index contributed by atoms with van der Waals surface area (Å²) in [6.07, 6.45) is 0.398. The Balaban J connectivity index is 2.60. The van der Waals surface area contributed by atoms with Crippen molar-refractivity contribution in [1.29, 1.82) is 0 Å². The minimum absolute atomic E-state index is 0.0295. The Kier molecular flexibility index (Phi) is 5.99. The Hall–Kier alpha value is -1.39. The number of nitrogens with one attached hydrogen (secondary N) is 1. The zero-order valence-corrected chi connectivity index (χ0v) is 11.6. The summed E-state index contributed by atoms with van der Waals surface area (Å²) < 4.78 is 0. The molecule has 0 aliphatic heterocycles. The first kappa shape index (κ1) is 15.7. The van der Waals surface area contributed by atoms with E-state index >= 15 is 0 Å². The maximum atomic E-state index is 11.9. The molecule has 0 aromatic heterocycles. The van der Waals surface area contributed by atoms with Crippen molar-refractivity contribution < 1.29 is 15.0 Å². The average Bonchev–Trinajstić information content (AvgIpc) is 2.49. The van der Waals surface area contributed by atoms with E-state index in [0.717, 1.165) is 12.8 Å². The number of aliphatic hydroxyl groups excluding tert-OH is 2. The van der Waals surface area contributed by atoms with Gasteiger partial charge in [0.25, 0.3) is 5.91 Å². The van der Waals surface area contributed by atoms with E-state index in [-0.39, 0.29) is 12.0 Å². The van der Waals surface area contributed by atoms with Gasteiger partial charge in [0.15, 0.2) is 6.10 Å². The van der Waals surface area contributed by atoms with Crippen molar-refractivity contribution in [1.82, 2.24) is 5.32 Å². The van der Waals surface area contributed by atoms with Gasteiger partial charge in [0, 0.05) is 12.0 Å². The summed E-state index contributed by atoms with van der Waals surface area (Å²) in [5.41, 5.74) is 0.272. The molecule has 0 saturated carbocycles. The Morgan fingerprint density at radius 3 is 2.32 bits per heavy atom. The van der Waals surface area contributed by atoms with Crippen LogP contribution in [0.5, 0.6) is 0 Å². The molecular formula is C15H23NO3. The zero-order chi connectivity index (χ0) is 14.3. The highest BCUT2D eigenvalue weighted by Gasteiger charge is 2.27. The van der Waals surface area contributed by atoms with Crippen molar-refractivity contribution in [3.63, 3.8) is 0 Å². The molecule has 1 aromatic rings. The molecule has 0 aliphatic carbocycles. The lowest BCUT2D eigenvalue weighted by molar-refractivity contribution is -0.130. The van der Waals surface area contributed by atoms with Crippen LogP contribution in [-0.2, 0) is 4.79 Å². The third-order valence-electron chi connectivity index (χ3n) is 3.84. The second kappa shape index (κ2) is 7.26. The average molecular weight is 265 g/mol. The van der Waals surface area contributed by atoms with E-state index < -0.39 is 12.0 Å². The normalized spacial score (nSPS) is 13.1. The first-order valence-electron chi connectivity index (χ1n) is 6.70. The van der Waals surface area contributed by atoms with E-state index in [0.29, 0.717) is 12.1 Å². The largest absolute Gasteiger partial charge is 0.396 e. The van der Waals surface area contributed by atoms with E-state index in [4.69, 9.17) is 0 Å². The third-order valence-corrected chi connectivity index (χ3v) is 3.84. The molecule has 1 rings (SSSR count). The summed E-state index contributed by atoms with van der Waals surface area (Å²) in [7, 11) is 0. The Bertz CT molecular complexity index is 379. The van der Waals surface area contributed by atoms with Gasteiger partial charge in [0.05, 0.1) is 6.61 Å². The first-order valence-corrected chi connectivity index (χ1v) is 6.70. The number of hydrogen-bond acceptors (Lipinski definition) is 3. The number of aliphatic hydroxyl groups is 2. The maximum absolute atomic E-state index is 11.9. The number of amides is 1. The first-order chi connectivity index (χ1) is 9.08. The minimum Gasteiger partial charge on any atom is -0.396 e. The minimum atomic E-state index is -1.16. The fraction of sp³-hybridized carbons (Fsp3) is 0.533. The van der Waals surface area contributed by atoms with Crippen LogP contribution < -0.4 is 5.32 Å². The Labute approximate surface area is 114 Å². The van der Waals surface area contributed by atoms with Crippen LogP contribution in [0.15, 0.2) is 30.3 Å². The van der Waals surface area contributed by atoms with Crippen LogP contribution in [0.4, 0.5) is 0 Å². The monoisotopic (exact) mass is 265 g/mol. The molecule has 0 spiro atoms. The van der Waals surface area contributed by atoms with Crippen LogP contribution >= 0.6 is 0 Å². The molecule has 0 bridgehead atoms. The van der Waals surface area contributed by atoms with Crippen molar-refractivity contribution in [2.24, 2.45) is 5.41 Å². The van der Waals surface area contributed by atoms with E-state index in [2.05, 4.69) is 5.32 Å². The van der Waals surface area contributed by atoms with Crippen LogP contribution in [0, 0.1) is 5.41 Å². The highest BCUT2D eigenvalue weighted by atomic mass is 16.3. The standard InChI is InChI=1S/C15H23NO3/c1-3-15(4-2,11-17)10-16-14(19)13(18)12-8-6-5-7-9-12/h5-9,13,17-18H,3-4,10-11H2,1-2H3,(H,16,19)/t13-/m0/s1. The topological polar surface area (TPSA) is 69.6 Å². The van der Waals surface area contributed by atoms with Gasteiger partial charge in [0.2, 0.25) is 0 Å². The van der Waals surface area contributed by atoms with Gasteiger partial charge < -0.3 is 15.5 Å². The molecular weight excluding hydrogens is 242 g/mol. The quantitative estimate of drug-likeness (QED) is 0.702. The number of hydrogen-bond donors (Lipinski definition) is 3. The lowest BCUT2D eigenvalue weighted by Gasteiger charge is -2.29. The zero-order valence-electron chi connectivity index (χ0n) is 11.6. The molecule has 1 amide bonds. The van der Waals surface area contributed by atoms with Gasteiger partial charge in [-0.25, -0.2) is 0 Å². The highest BCUT2D eigenvalue weighted by molar-refractivity contribution is 5.81. The number of benzene rings is 1. The van der Waals surface area contributed by atoms with Crippen molar-refractivity contribution in [2.45, 2.75) is 32.8 Å². The van der Waals surface area contributed by atoms with E-state index in [1.165, 1.54) is 0 Å². The SMILES string of the molecule is CCC(CC)(CO)CNC(=O)[C@@H](O)c1ccccc1. The molecule has 0 fully saturated rings. The maximum Gasteiger partial charge on any atom is 0.253 e. The number of carbonyl (C=O) groups excluding carboxylic acids is 1. The molecule has 3 N–H and O–H groups in total. The van der Waals surface area contributed by atoms with Gasteiger partial charge in [-0.15, -0.1) is 0 Å². The fourth-order valence-electron chi connectivity index (χ4n) is 1.94. The van der Waals surface area contributed by atoms with Crippen molar-refractivity contribution >= 4 is 5.91 Å². The lowest BCUT2D eigenvalue weighted by atomic mass is 9.83. The smallest absolute Gasteiger partial charge is 0.253 e. The van der Waals surface area contributed by atoms with Crippen molar-refractivity contribution in [3.8, 4) is 0 Å². The predicted molar refractivity (Wildman–Crippen MR) is 74.5 cm³/mol. The van der Waals surface area contributed by atoms with E-state index in [1.807, 2.05) is 19.9 Å². The van der Waals surface area contributed by atoms with Crippen LogP contribution in [0.1, 0.15) is 38.4 Å². The van der Waals surface area contributed by atoms with Gasteiger partial charge in [-0.05, 0) is 18.4 Å². The Morgan fingerprint density at radius 2 is 1.84 bits per heavy atom. The summed E-state index contributed by atoms with van der Waals surface area (Å²) in [6, 6.07) is 8.81.